The quantitative estimate of drug-likeness (QED) is 0.346. The van der Waals surface area contributed by atoms with Gasteiger partial charge in [-0.05, 0) is 25.7 Å². The number of rotatable bonds is 9. The van der Waals surface area contributed by atoms with Crippen LogP contribution in [-0.2, 0) is 19.1 Å². The van der Waals surface area contributed by atoms with Gasteiger partial charge in [0, 0.05) is 18.9 Å². The number of ether oxygens (including phenoxy) is 1. The van der Waals surface area contributed by atoms with E-state index in [0.29, 0.717) is 0 Å². The summed E-state index contributed by atoms with van der Waals surface area (Å²) < 4.78 is 1.98. The number of imide groups is 1. The lowest BCUT2D eigenvalue weighted by Crippen LogP contribution is -2.52. The third-order valence-corrected chi connectivity index (χ3v) is 5.30. The molecule has 0 radical (unpaired) electrons. The number of amides is 3. The zero-order chi connectivity index (χ0) is 23.1. The van der Waals surface area contributed by atoms with Crippen LogP contribution in [0.3, 0.4) is 0 Å². The number of methoxy groups -OCH3 is 1. The van der Waals surface area contributed by atoms with Gasteiger partial charge in [0.15, 0.2) is 7.59 Å². The molecule has 168 valence electrons. The lowest BCUT2D eigenvalue weighted by atomic mass is 10.1. The molecule has 0 aromatic carbocycles. The maximum absolute atomic E-state index is 13.2. The summed E-state index contributed by atoms with van der Waals surface area (Å²) in [5.74, 6) is 0.784. The van der Waals surface area contributed by atoms with Crippen LogP contribution in [0.15, 0.2) is 11.8 Å². The fraction of sp³-hybridized carbons (Fsp3) is 0.611. The molecular formula is C18H20Cl6N2O4. The van der Waals surface area contributed by atoms with Crippen molar-refractivity contribution in [3.8, 4) is 12.3 Å². The summed E-state index contributed by atoms with van der Waals surface area (Å²) in [4.78, 5) is 38.8. The Morgan fingerprint density at radius 1 is 1.23 bits per heavy atom. The number of hydrogen-bond acceptors (Lipinski definition) is 4. The van der Waals surface area contributed by atoms with Gasteiger partial charge in [-0.15, -0.1) is 12.3 Å². The molecule has 2 unspecified atom stereocenters. The number of hydrogen-bond donors (Lipinski definition) is 1. The first-order valence-corrected chi connectivity index (χ1v) is 11.0. The van der Waals surface area contributed by atoms with Crippen molar-refractivity contribution in [2.75, 3.05) is 7.11 Å². The predicted molar refractivity (Wildman–Crippen MR) is 120 cm³/mol. The number of carbonyl (C=O) groups is 3. The van der Waals surface area contributed by atoms with Gasteiger partial charge in [0.2, 0.25) is 5.91 Å². The van der Waals surface area contributed by atoms with Crippen LogP contribution in [0.5, 0.6) is 0 Å². The molecule has 0 saturated heterocycles. The maximum Gasteiger partial charge on any atom is 0.257 e. The second-order valence-electron chi connectivity index (χ2n) is 6.45. The van der Waals surface area contributed by atoms with Crippen molar-refractivity contribution in [3.63, 3.8) is 0 Å². The van der Waals surface area contributed by atoms with Crippen LogP contribution in [0.4, 0.5) is 0 Å². The van der Waals surface area contributed by atoms with Gasteiger partial charge in [-0.2, -0.15) is 0 Å². The van der Waals surface area contributed by atoms with Crippen molar-refractivity contribution in [2.24, 2.45) is 0 Å². The maximum atomic E-state index is 13.2. The first-order valence-electron chi connectivity index (χ1n) is 8.78. The summed E-state index contributed by atoms with van der Waals surface area (Å²) in [5, 5.41) is 2.55. The van der Waals surface area contributed by atoms with Gasteiger partial charge < -0.3 is 10.1 Å². The summed E-state index contributed by atoms with van der Waals surface area (Å²) in [7, 11) is 1.36. The minimum absolute atomic E-state index is 0.000256. The zero-order valence-corrected chi connectivity index (χ0v) is 20.4. The van der Waals surface area contributed by atoms with Gasteiger partial charge in [-0.3, -0.25) is 19.3 Å². The molecule has 12 heteroatoms. The first-order chi connectivity index (χ1) is 13.8. The van der Waals surface area contributed by atoms with Crippen molar-refractivity contribution in [2.45, 2.75) is 58.2 Å². The summed E-state index contributed by atoms with van der Waals surface area (Å²) >= 11 is 34.8. The van der Waals surface area contributed by atoms with Crippen LogP contribution >= 0.6 is 69.6 Å². The minimum Gasteiger partial charge on any atom is -0.499 e. The van der Waals surface area contributed by atoms with Crippen molar-refractivity contribution in [3.05, 3.63) is 11.8 Å². The van der Waals surface area contributed by atoms with Gasteiger partial charge in [0.25, 0.3) is 11.8 Å². The van der Waals surface area contributed by atoms with Crippen molar-refractivity contribution < 1.29 is 19.1 Å². The summed E-state index contributed by atoms with van der Waals surface area (Å²) in [5.41, 5.74) is 0. The Labute approximate surface area is 205 Å². The molecule has 0 fully saturated rings. The fourth-order valence-electron chi connectivity index (χ4n) is 2.78. The Balaban J connectivity index is 3.08. The van der Waals surface area contributed by atoms with Gasteiger partial charge in [-0.25, -0.2) is 0 Å². The Kier molecular flexibility index (Phi) is 10.9. The highest BCUT2D eigenvalue weighted by molar-refractivity contribution is 6.67. The molecule has 0 aromatic heterocycles. The minimum atomic E-state index is -1.65. The number of nitrogens with one attached hydrogen (secondary N) is 1. The zero-order valence-electron chi connectivity index (χ0n) is 15.9. The highest BCUT2D eigenvalue weighted by Gasteiger charge is 2.42. The molecule has 1 rings (SSSR count). The lowest BCUT2D eigenvalue weighted by molar-refractivity contribution is -0.146. The van der Waals surface area contributed by atoms with E-state index in [4.69, 9.17) is 80.8 Å². The Morgan fingerprint density at radius 3 is 2.33 bits per heavy atom. The fourth-order valence-corrected chi connectivity index (χ4v) is 3.44. The monoisotopic (exact) mass is 538 g/mol. The number of terminal acetylenes is 1. The van der Waals surface area contributed by atoms with Gasteiger partial charge in [-0.1, -0.05) is 69.6 Å². The largest absolute Gasteiger partial charge is 0.499 e. The normalized spacial score (nSPS) is 17.9. The molecular weight excluding hydrogens is 521 g/mol. The van der Waals surface area contributed by atoms with E-state index >= 15 is 0 Å². The standard InChI is InChI=1S/C18H20Cl6N2O4/c1-3-4-5-14(27)25-11(6-8-17(19,20)21)16(29)26-12(7-9-18(22,23)24)13(30-2)10-15(26)28/h1,10-12H,4-9H2,2H3,(H,25,27). The highest BCUT2D eigenvalue weighted by atomic mass is 35.6. The molecule has 0 saturated carbocycles. The molecule has 0 spiro atoms. The molecule has 1 heterocycles. The second-order valence-corrected chi connectivity index (χ2v) is 11.5. The van der Waals surface area contributed by atoms with Crippen molar-refractivity contribution in [1.29, 1.82) is 0 Å². The number of halogens is 6. The summed E-state index contributed by atoms with van der Waals surface area (Å²) in [6.07, 6.45) is 6.63. The van der Waals surface area contributed by atoms with Crippen molar-refractivity contribution in [1.82, 2.24) is 10.2 Å². The molecule has 1 aliphatic heterocycles. The molecule has 30 heavy (non-hydrogen) atoms. The van der Waals surface area contributed by atoms with E-state index < -0.39 is 37.4 Å². The van der Waals surface area contributed by atoms with Gasteiger partial charge in [0.1, 0.15) is 11.8 Å². The smallest absolute Gasteiger partial charge is 0.257 e. The van der Waals surface area contributed by atoms with E-state index in [2.05, 4.69) is 11.2 Å². The van der Waals surface area contributed by atoms with Gasteiger partial charge >= 0.3 is 0 Å². The Morgan fingerprint density at radius 2 is 1.83 bits per heavy atom. The lowest BCUT2D eigenvalue weighted by Gasteiger charge is -2.30. The second kappa shape index (κ2) is 11.9. The van der Waals surface area contributed by atoms with Gasteiger partial charge in [0.05, 0.1) is 13.2 Å². The molecule has 6 nitrogen and oxygen atoms in total. The Bertz CT molecular complexity index is 724. The summed E-state index contributed by atoms with van der Waals surface area (Å²) in [6.45, 7) is 0. The molecule has 1 N–H and O–H groups in total. The number of nitrogens with zero attached hydrogens (tertiary/aromatic N) is 1. The third-order valence-electron chi connectivity index (χ3n) is 4.16. The van der Waals surface area contributed by atoms with E-state index in [-0.39, 0.29) is 44.3 Å². The van der Waals surface area contributed by atoms with Crippen LogP contribution in [0.25, 0.3) is 0 Å². The molecule has 3 amide bonds. The SMILES string of the molecule is C#CCCC(=O)NC(CCC(Cl)(Cl)Cl)C(=O)N1C(=O)C=C(OC)C1CCC(Cl)(Cl)Cl. The highest BCUT2D eigenvalue weighted by Crippen LogP contribution is 2.36. The molecule has 1 aliphatic rings. The van der Waals surface area contributed by atoms with E-state index in [1.54, 1.807) is 0 Å². The van der Waals surface area contributed by atoms with Crippen LogP contribution in [-0.4, -0.2) is 49.4 Å². The van der Waals surface area contributed by atoms with Crippen LogP contribution < -0.4 is 5.32 Å². The molecule has 0 bridgehead atoms. The number of carbonyl (C=O) groups excluding carboxylic acids is 3. The van der Waals surface area contributed by atoms with E-state index in [1.165, 1.54) is 13.2 Å². The summed E-state index contributed by atoms with van der Waals surface area (Å²) in [6, 6.07) is -1.93. The average molecular weight is 541 g/mol. The van der Waals surface area contributed by atoms with Crippen LogP contribution in [0.2, 0.25) is 0 Å². The predicted octanol–water partition coefficient (Wildman–Crippen LogP) is 4.45. The van der Waals surface area contributed by atoms with Crippen LogP contribution in [0, 0.1) is 12.3 Å². The Hall–Kier alpha value is -0.550. The van der Waals surface area contributed by atoms with Crippen LogP contribution in [0.1, 0.15) is 38.5 Å². The van der Waals surface area contributed by atoms with E-state index in [9.17, 15) is 14.4 Å². The first kappa shape index (κ1) is 27.5. The topological polar surface area (TPSA) is 75.7 Å². The molecule has 0 aromatic rings. The third kappa shape index (κ3) is 9.30. The van der Waals surface area contributed by atoms with Crippen molar-refractivity contribution >= 4 is 87.3 Å². The number of alkyl halides is 6. The molecule has 0 aliphatic carbocycles. The molecule has 2 atom stereocenters. The van der Waals surface area contributed by atoms with E-state index in [1.807, 2.05) is 0 Å². The van der Waals surface area contributed by atoms with E-state index in [0.717, 1.165) is 4.90 Å². The average Bonchev–Trinajstić information content (AvgIpc) is 2.95.